The maximum atomic E-state index is 11.7. The number of anilines is 2. The lowest BCUT2D eigenvalue weighted by molar-refractivity contribution is 0.0526. The minimum atomic E-state index is -0.330. The lowest BCUT2D eigenvalue weighted by Gasteiger charge is -2.17. The summed E-state index contributed by atoms with van der Waals surface area (Å²) in [6.07, 6.45) is 0. The van der Waals surface area contributed by atoms with Crippen LogP contribution in [0.25, 0.3) is 11.0 Å². The molecule has 7 heteroatoms. The molecule has 0 amide bonds. The van der Waals surface area contributed by atoms with Crippen molar-refractivity contribution >= 4 is 28.6 Å². The second-order valence-corrected chi connectivity index (χ2v) is 5.52. The highest BCUT2D eigenvalue weighted by Crippen LogP contribution is 2.34. The second kappa shape index (κ2) is 6.35. The van der Waals surface area contributed by atoms with Crippen molar-refractivity contribution < 1.29 is 19.0 Å². The summed E-state index contributed by atoms with van der Waals surface area (Å²) in [6, 6.07) is 10.8. The van der Waals surface area contributed by atoms with E-state index in [1.807, 2.05) is 12.1 Å². The number of esters is 1. The molecule has 0 aliphatic carbocycles. The highest BCUT2D eigenvalue weighted by atomic mass is 16.6. The van der Waals surface area contributed by atoms with Crippen LogP contribution >= 0.6 is 0 Å². The van der Waals surface area contributed by atoms with Gasteiger partial charge in [-0.15, -0.1) is 0 Å². The molecular weight excluding hydrogens is 322 g/mol. The quantitative estimate of drug-likeness (QED) is 0.710. The Bertz CT molecular complexity index is 875. The second-order valence-electron chi connectivity index (χ2n) is 5.52. The van der Waals surface area contributed by atoms with Crippen molar-refractivity contribution in [2.45, 2.75) is 6.92 Å². The zero-order valence-corrected chi connectivity index (χ0v) is 13.7. The molecule has 2 heterocycles. The summed E-state index contributed by atoms with van der Waals surface area (Å²) in [5, 5.41) is 3.18. The van der Waals surface area contributed by atoms with E-state index in [1.54, 1.807) is 31.2 Å². The largest absolute Gasteiger partial charge is 0.486 e. The SMILES string of the molecule is CCOC(=O)c1ccc(Nc2nc3cc4c(cc3[nH]2)OCCO4)cc1. The number of nitrogens with one attached hydrogen (secondary N) is 2. The van der Waals surface area contributed by atoms with Crippen molar-refractivity contribution in [3.05, 3.63) is 42.0 Å². The van der Waals surface area contributed by atoms with Gasteiger partial charge in [-0.1, -0.05) is 0 Å². The van der Waals surface area contributed by atoms with Gasteiger partial charge in [0.1, 0.15) is 13.2 Å². The molecule has 25 heavy (non-hydrogen) atoms. The molecule has 0 saturated carbocycles. The summed E-state index contributed by atoms with van der Waals surface area (Å²) < 4.78 is 16.1. The van der Waals surface area contributed by atoms with Gasteiger partial charge in [-0.05, 0) is 31.2 Å². The van der Waals surface area contributed by atoms with Gasteiger partial charge in [0.05, 0.1) is 23.2 Å². The Hall–Kier alpha value is -3.22. The molecule has 1 aliphatic rings. The van der Waals surface area contributed by atoms with Gasteiger partial charge in [0.2, 0.25) is 5.95 Å². The number of ether oxygens (including phenoxy) is 3. The van der Waals surface area contributed by atoms with E-state index in [1.165, 1.54) is 0 Å². The summed E-state index contributed by atoms with van der Waals surface area (Å²) in [5.41, 5.74) is 2.97. The molecule has 1 aliphatic heterocycles. The maximum Gasteiger partial charge on any atom is 0.338 e. The van der Waals surface area contributed by atoms with Crippen molar-refractivity contribution in [1.29, 1.82) is 0 Å². The summed E-state index contributed by atoms with van der Waals surface area (Å²) in [6.45, 7) is 3.23. The van der Waals surface area contributed by atoms with Crippen LogP contribution in [0.5, 0.6) is 11.5 Å². The predicted molar refractivity (Wildman–Crippen MR) is 92.8 cm³/mol. The molecule has 0 unspecified atom stereocenters. The van der Waals surface area contributed by atoms with Crippen molar-refractivity contribution in [1.82, 2.24) is 9.97 Å². The van der Waals surface area contributed by atoms with E-state index in [0.717, 1.165) is 16.7 Å². The van der Waals surface area contributed by atoms with E-state index >= 15 is 0 Å². The van der Waals surface area contributed by atoms with Crippen LogP contribution in [-0.4, -0.2) is 35.8 Å². The van der Waals surface area contributed by atoms with Crippen LogP contribution in [0.2, 0.25) is 0 Å². The van der Waals surface area contributed by atoms with Crippen molar-refractivity contribution in [2.24, 2.45) is 0 Å². The van der Waals surface area contributed by atoms with E-state index in [9.17, 15) is 4.79 Å². The molecule has 128 valence electrons. The topological polar surface area (TPSA) is 85.5 Å². The van der Waals surface area contributed by atoms with E-state index in [-0.39, 0.29) is 5.97 Å². The first-order valence-corrected chi connectivity index (χ1v) is 8.06. The fraction of sp³-hybridized carbons (Fsp3) is 0.222. The molecule has 0 bridgehead atoms. The predicted octanol–water partition coefficient (Wildman–Crippen LogP) is 3.25. The van der Waals surface area contributed by atoms with Crippen molar-refractivity contribution in [3.8, 4) is 11.5 Å². The number of nitrogens with zero attached hydrogens (tertiary/aromatic N) is 1. The first-order chi connectivity index (χ1) is 12.2. The van der Waals surface area contributed by atoms with E-state index in [0.29, 0.717) is 42.8 Å². The first kappa shape index (κ1) is 15.3. The van der Waals surface area contributed by atoms with Crippen LogP contribution in [0.1, 0.15) is 17.3 Å². The summed E-state index contributed by atoms with van der Waals surface area (Å²) >= 11 is 0. The molecule has 0 saturated heterocycles. The number of rotatable bonds is 4. The monoisotopic (exact) mass is 339 g/mol. The number of hydrogen-bond donors (Lipinski definition) is 2. The van der Waals surface area contributed by atoms with Gasteiger partial charge in [0.25, 0.3) is 0 Å². The molecule has 0 spiro atoms. The maximum absolute atomic E-state index is 11.7. The van der Waals surface area contributed by atoms with Gasteiger partial charge in [-0.2, -0.15) is 0 Å². The summed E-state index contributed by atoms with van der Waals surface area (Å²) in [7, 11) is 0. The van der Waals surface area contributed by atoms with E-state index < -0.39 is 0 Å². The van der Waals surface area contributed by atoms with Crippen LogP contribution in [0.3, 0.4) is 0 Å². The van der Waals surface area contributed by atoms with Crippen LogP contribution in [0.4, 0.5) is 11.6 Å². The number of carbonyl (C=O) groups is 1. The molecule has 4 rings (SSSR count). The van der Waals surface area contributed by atoms with Gasteiger partial charge in [-0.3, -0.25) is 0 Å². The van der Waals surface area contributed by atoms with E-state index in [2.05, 4.69) is 15.3 Å². The molecule has 2 aromatic carbocycles. The van der Waals surface area contributed by atoms with Crippen LogP contribution in [-0.2, 0) is 4.74 Å². The lowest BCUT2D eigenvalue weighted by atomic mass is 10.2. The van der Waals surface area contributed by atoms with Gasteiger partial charge < -0.3 is 24.5 Å². The molecule has 0 atom stereocenters. The zero-order chi connectivity index (χ0) is 17.2. The summed E-state index contributed by atoms with van der Waals surface area (Å²) in [4.78, 5) is 19.4. The molecule has 0 radical (unpaired) electrons. The molecule has 3 aromatic rings. The smallest absolute Gasteiger partial charge is 0.338 e. The van der Waals surface area contributed by atoms with E-state index in [4.69, 9.17) is 14.2 Å². The third-order valence-electron chi connectivity index (χ3n) is 3.80. The minimum Gasteiger partial charge on any atom is -0.486 e. The number of hydrogen-bond acceptors (Lipinski definition) is 6. The fourth-order valence-corrected chi connectivity index (χ4v) is 2.65. The Labute approximate surface area is 143 Å². The Balaban J connectivity index is 1.55. The third-order valence-corrected chi connectivity index (χ3v) is 3.80. The zero-order valence-electron chi connectivity index (χ0n) is 13.7. The Morgan fingerprint density at radius 2 is 1.92 bits per heavy atom. The fourth-order valence-electron chi connectivity index (χ4n) is 2.65. The normalized spacial score (nSPS) is 12.8. The molecule has 1 aromatic heterocycles. The Kier molecular flexibility index (Phi) is 3.89. The Morgan fingerprint density at radius 3 is 2.64 bits per heavy atom. The van der Waals surface area contributed by atoms with Gasteiger partial charge in [-0.25, -0.2) is 9.78 Å². The average Bonchev–Trinajstić information content (AvgIpc) is 3.01. The summed E-state index contributed by atoms with van der Waals surface area (Å²) in [5.74, 6) is 1.69. The van der Waals surface area contributed by atoms with Gasteiger partial charge >= 0.3 is 5.97 Å². The molecular formula is C18H17N3O4. The molecule has 7 nitrogen and oxygen atoms in total. The highest BCUT2D eigenvalue weighted by molar-refractivity contribution is 5.90. The van der Waals surface area contributed by atoms with Crippen molar-refractivity contribution in [2.75, 3.05) is 25.1 Å². The standard InChI is InChI=1S/C18H17N3O4/c1-2-23-17(22)11-3-5-12(6-4-11)19-18-20-13-9-15-16(10-14(13)21-18)25-8-7-24-15/h3-6,9-10H,2,7-8H2,1H3,(H2,19,20,21). The average molecular weight is 339 g/mol. The Morgan fingerprint density at radius 1 is 1.20 bits per heavy atom. The number of aromatic nitrogens is 2. The minimum absolute atomic E-state index is 0.330. The van der Waals surface area contributed by atoms with Crippen LogP contribution in [0.15, 0.2) is 36.4 Å². The molecule has 0 fully saturated rings. The number of carbonyl (C=O) groups excluding carboxylic acids is 1. The molecule has 2 N–H and O–H groups in total. The third kappa shape index (κ3) is 3.08. The van der Waals surface area contributed by atoms with Crippen molar-refractivity contribution in [3.63, 3.8) is 0 Å². The number of aromatic amines is 1. The van der Waals surface area contributed by atoms with Gasteiger partial charge in [0, 0.05) is 17.8 Å². The number of imidazole rings is 1. The first-order valence-electron chi connectivity index (χ1n) is 8.06. The highest BCUT2D eigenvalue weighted by Gasteiger charge is 2.15. The number of H-pyrrole nitrogens is 1. The lowest BCUT2D eigenvalue weighted by Crippen LogP contribution is -2.15. The van der Waals surface area contributed by atoms with Crippen LogP contribution < -0.4 is 14.8 Å². The number of fused-ring (bicyclic) bond motifs is 2. The number of benzene rings is 2. The van der Waals surface area contributed by atoms with Crippen LogP contribution in [0, 0.1) is 0 Å². The van der Waals surface area contributed by atoms with Gasteiger partial charge in [0.15, 0.2) is 11.5 Å².